The normalized spacial score (nSPS) is 11.7. The standard InChI is InChI=1S/C23H27F2N3O3/c1-4-7-19(5-2)14-27(12-13-29)11-10-26(3)20(17-30)15-28(18-31)16-21-22(24)8-6-9-23(21)25/h4-9,13,15,17-18H,1-2,10-12,14,16H2,3H3/b19-7+,20-15+. The molecule has 0 aromatic heterocycles. The molecule has 0 aliphatic carbocycles. The van der Waals surface area contributed by atoms with Crippen molar-refractivity contribution in [2.75, 3.05) is 33.2 Å². The van der Waals surface area contributed by atoms with E-state index in [1.165, 1.54) is 12.3 Å². The summed E-state index contributed by atoms with van der Waals surface area (Å²) < 4.78 is 27.7. The molecule has 0 heterocycles. The molecule has 31 heavy (non-hydrogen) atoms. The van der Waals surface area contributed by atoms with E-state index < -0.39 is 11.6 Å². The topological polar surface area (TPSA) is 60.9 Å². The van der Waals surface area contributed by atoms with Gasteiger partial charge in [0.05, 0.1) is 18.8 Å². The average molecular weight is 431 g/mol. The third kappa shape index (κ3) is 8.47. The molecule has 8 heteroatoms. The van der Waals surface area contributed by atoms with E-state index in [1.807, 2.05) is 4.90 Å². The lowest BCUT2D eigenvalue weighted by molar-refractivity contribution is -0.116. The lowest BCUT2D eigenvalue weighted by Gasteiger charge is -2.26. The van der Waals surface area contributed by atoms with Crippen LogP contribution in [0.3, 0.4) is 0 Å². The van der Waals surface area contributed by atoms with E-state index >= 15 is 0 Å². The van der Waals surface area contributed by atoms with Gasteiger partial charge in [-0.1, -0.05) is 37.5 Å². The fraction of sp³-hybridized carbons (Fsp3) is 0.261. The van der Waals surface area contributed by atoms with E-state index in [2.05, 4.69) is 13.2 Å². The van der Waals surface area contributed by atoms with Crippen molar-refractivity contribution in [2.24, 2.45) is 0 Å². The molecule has 0 radical (unpaired) electrons. The minimum absolute atomic E-state index is 0.139. The van der Waals surface area contributed by atoms with Gasteiger partial charge in [-0.15, -0.1) is 0 Å². The monoisotopic (exact) mass is 431 g/mol. The van der Waals surface area contributed by atoms with E-state index in [0.717, 1.165) is 28.9 Å². The number of amides is 1. The zero-order valence-electron chi connectivity index (χ0n) is 17.5. The lowest BCUT2D eigenvalue weighted by Crippen LogP contribution is -2.36. The Bertz CT molecular complexity index is 832. The molecule has 0 aliphatic rings. The number of likely N-dealkylation sites (N-methyl/N-ethyl adjacent to an activating group) is 1. The van der Waals surface area contributed by atoms with Gasteiger partial charge in [-0.25, -0.2) is 8.78 Å². The molecule has 0 fully saturated rings. The van der Waals surface area contributed by atoms with Crippen molar-refractivity contribution >= 4 is 19.0 Å². The van der Waals surface area contributed by atoms with Crippen LogP contribution in [0, 0.1) is 11.6 Å². The van der Waals surface area contributed by atoms with Crippen LogP contribution in [0.25, 0.3) is 0 Å². The zero-order chi connectivity index (χ0) is 23.2. The van der Waals surface area contributed by atoms with Gasteiger partial charge in [0.25, 0.3) is 0 Å². The Morgan fingerprint density at radius 3 is 2.29 bits per heavy atom. The first-order valence-corrected chi connectivity index (χ1v) is 9.52. The first-order valence-electron chi connectivity index (χ1n) is 9.52. The number of carbonyl (C=O) groups is 3. The Hall–Kier alpha value is -3.39. The lowest BCUT2D eigenvalue weighted by atomic mass is 10.2. The summed E-state index contributed by atoms with van der Waals surface area (Å²) in [6.45, 7) is 8.45. The smallest absolute Gasteiger partial charge is 0.214 e. The molecule has 0 spiro atoms. The molecule has 1 aromatic carbocycles. The maximum absolute atomic E-state index is 13.9. The Morgan fingerprint density at radius 2 is 1.77 bits per heavy atom. The molecule has 166 valence electrons. The highest BCUT2D eigenvalue weighted by atomic mass is 19.1. The molecule has 1 aromatic rings. The number of benzene rings is 1. The SMILES string of the molecule is C=C/C=C(\C=C)CN(CC=O)CCN(C)/C(C=O)=C/N(C=O)Cc1c(F)cccc1F. The predicted octanol–water partition coefficient (Wildman–Crippen LogP) is 2.69. The summed E-state index contributed by atoms with van der Waals surface area (Å²) in [5.74, 6) is -1.56. The van der Waals surface area contributed by atoms with Crippen LogP contribution in [0.4, 0.5) is 8.78 Å². The highest BCUT2D eigenvalue weighted by molar-refractivity contribution is 5.72. The molecule has 0 unspecified atom stereocenters. The molecular formula is C23H27F2N3O3. The number of hydrogen-bond donors (Lipinski definition) is 0. The highest BCUT2D eigenvalue weighted by Gasteiger charge is 2.14. The molecule has 0 aliphatic heterocycles. The van der Waals surface area contributed by atoms with E-state index in [0.29, 0.717) is 32.3 Å². The Labute approximate surface area is 181 Å². The summed E-state index contributed by atoms with van der Waals surface area (Å²) in [6.07, 6.45) is 8.02. The molecule has 0 saturated carbocycles. The van der Waals surface area contributed by atoms with E-state index in [4.69, 9.17) is 0 Å². The quantitative estimate of drug-likeness (QED) is 0.243. The largest absolute Gasteiger partial charge is 0.369 e. The number of aldehydes is 2. The third-order valence-corrected chi connectivity index (χ3v) is 4.48. The third-order valence-electron chi connectivity index (χ3n) is 4.48. The molecular weight excluding hydrogens is 404 g/mol. The van der Waals surface area contributed by atoms with Crippen LogP contribution < -0.4 is 0 Å². The summed E-state index contributed by atoms with van der Waals surface area (Å²) in [4.78, 5) is 38.4. The predicted molar refractivity (Wildman–Crippen MR) is 116 cm³/mol. The maximum Gasteiger partial charge on any atom is 0.214 e. The van der Waals surface area contributed by atoms with Crippen LogP contribution in [0.2, 0.25) is 0 Å². The first kappa shape index (κ1) is 25.6. The van der Waals surface area contributed by atoms with Gasteiger partial charge in [-0.2, -0.15) is 0 Å². The van der Waals surface area contributed by atoms with Crippen molar-refractivity contribution in [3.63, 3.8) is 0 Å². The van der Waals surface area contributed by atoms with Gasteiger partial charge < -0.3 is 14.6 Å². The molecule has 1 rings (SSSR count). The van der Waals surface area contributed by atoms with Crippen LogP contribution in [0.1, 0.15) is 5.56 Å². The molecule has 1 amide bonds. The van der Waals surface area contributed by atoms with Crippen LogP contribution in [-0.4, -0.2) is 66.9 Å². The van der Waals surface area contributed by atoms with Crippen LogP contribution >= 0.6 is 0 Å². The fourth-order valence-electron chi connectivity index (χ4n) is 2.72. The van der Waals surface area contributed by atoms with Gasteiger partial charge in [0, 0.05) is 38.4 Å². The van der Waals surface area contributed by atoms with E-state index in [9.17, 15) is 23.2 Å². The molecule has 0 saturated heterocycles. The van der Waals surface area contributed by atoms with Gasteiger partial charge >= 0.3 is 0 Å². The average Bonchev–Trinajstić information content (AvgIpc) is 2.76. The Kier molecular flexibility index (Phi) is 11.4. The highest BCUT2D eigenvalue weighted by Crippen LogP contribution is 2.15. The molecule has 0 bridgehead atoms. The second-order valence-electron chi connectivity index (χ2n) is 6.65. The summed E-state index contributed by atoms with van der Waals surface area (Å²) in [6, 6.07) is 3.42. The second kappa shape index (κ2) is 13.8. The summed E-state index contributed by atoms with van der Waals surface area (Å²) >= 11 is 0. The van der Waals surface area contributed by atoms with Crippen molar-refractivity contribution in [2.45, 2.75) is 6.54 Å². The molecule has 0 N–H and O–H groups in total. The minimum atomic E-state index is -0.781. The number of rotatable bonds is 15. The molecule has 0 atom stereocenters. The number of hydrogen-bond acceptors (Lipinski definition) is 5. The number of carbonyl (C=O) groups excluding carboxylic acids is 3. The Morgan fingerprint density at radius 1 is 1.10 bits per heavy atom. The van der Waals surface area contributed by atoms with Crippen LogP contribution in [0.5, 0.6) is 0 Å². The second-order valence-corrected chi connectivity index (χ2v) is 6.65. The van der Waals surface area contributed by atoms with E-state index in [1.54, 1.807) is 30.2 Å². The first-order chi connectivity index (χ1) is 14.9. The van der Waals surface area contributed by atoms with Crippen molar-refractivity contribution in [3.8, 4) is 0 Å². The van der Waals surface area contributed by atoms with Gasteiger partial charge in [-0.05, 0) is 17.7 Å². The maximum atomic E-state index is 13.9. The zero-order valence-corrected chi connectivity index (χ0v) is 17.5. The van der Waals surface area contributed by atoms with Crippen molar-refractivity contribution < 1.29 is 23.2 Å². The number of allylic oxidation sites excluding steroid dienone is 3. The van der Waals surface area contributed by atoms with Crippen molar-refractivity contribution in [3.05, 3.63) is 84.3 Å². The number of nitrogens with zero attached hydrogens (tertiary/aromatic N) is 3. The fourth-order valence-corrected chi connectivity index (χ4v) is 2.72. The van der Waals surface area contributed by atoms with Gasteiger partial charge in [0.1, 0.15) is 17.9 Å². The van der Waals surface area contributed by atoms with Crippen molar-refractivity contribution in [1.82, 2.24) is 14.7 Å². The molecule has 6 nitrogen and oxygen atoms in total. The summed E-state index contributed by atoms with van der Waals surface area (Å²) in [5.41, 5.74) is 0.743. The van der Waals surface area contributed by atoms with E-state index in [-0.39, 0.29) is 24.4 Å². The summed E-state index contributed by atoms with van der Waals surface area (Å²) in [5, 5.41) is 0. The Balaban J connectivity index is 2.89. The van der Waals surface area contributed by atoms with Crippen LogP contribution in [-0.2, 0) is 20.9 Å². The van der Waals surface area contributed by atoms with Gasteiger partial charge in [0.15, 0.2) is 6.29 Å². The minimum Gasteiger partial charge on any atom is -0.369 e. The van der Waals surface area contributed by atoms with Crippen molar-refractivity contribution in [1.29, 1.82) is 0 Å². The van der Waals surface area contributed by atoms with Gasteiger partial charge in [0.2, 0.25) is 6.41 Å². The number of halogens is 2. The summed E-state index contributed by atoms with van der Waals surface area (Å²) in [7, 11) is 1.64. The van der Waals surface area contributed by atoms with Crippen LogP contribution in [0.15, 0.2) is 67.1 Å². The van der Waals surface area contributed by atoms with Gasteiger partial charge in [-0.3, -0.25) is 14.5 Å².